The molecule has 5 heteroatoms. The van der Waals surface area contributed by atoms with Crippen LogP contribution in [0.15, 0.2) is 16.6 Å². The normalized spacial score (nSPS) is 10.0. The molecule has 1 aromatic carbocycles. The van der Waals surface area contributed by atoms with Crippen LogP contribution in [0.5, 0.6) is 0 Å². The minimum Gasteiger partial charge on any atom is -0.462 e. The third-order valence-corrected chi connectivity index (χ3v) is 2.18. The molecule has 0 unspecified atom stereocenters. The highest BCUT2D eigenvalue weighted by Gasteiger charge is 2.19. The molecule has 0 saturated heterocycles. The first-order valence-electron chi connectivity index (χ1n) is 3.88. The van der Waals surface area contributed by atoms with Gasteiger partial charge in [-0.05, 0) is 35.0 Å². The number of halogens is 3. The maximum Gasteiger partial charge on any atom is 0.342 e. The van der Waals surface area contributed by atoms with Crippen molar-refractivity contribution >= 4 is 21.9 Å². The highest BCUT2D eigenvalue weighted by molar-refractivity contribution is 9.10. The fourth-order valence-corrected chi connectivity index (χ4v) is 1.39. The van der Waals surface area contributed by atoms with Crippen molar-refractivity contribution < 1.29 is 18.3 Å². The Morgan fingerprint density at radius 3 is 2.71 bits per heavy atom. The van der Waals surface area contributed by atoms with Gasteiger partial charge in [0.25, 0.3) is 0 Å². The van der Waals surface area contributed by atoms with Gasteiger partial charge in [0, 0.05) is 4.47 Å². The fraction of sp³-hybridized carbons (Fsp3) is 0.222. The van der Waals surface area contributed by atoms with Gasteiger partial charge in [-0.15, -0.1) is 0 Å². The molecule has 14 heavy (non-hydrogen) atoms. The summed E-state index contributed by atoms with van der Waals surface area (Å²) in [7, 11) is 0. The molecule has 1 aromatic rings. The average Bonchev–Trinajstić information content (AvgIpc) is 2.13. The van der Waals surface area contributed by atoms with Crippen LogP contribution in [0.4, 0.5) is 8.78 Å². The zero-order valence-electron chi connectivity index (χ0n) is 7.31. The van der Waals surface area contributed by atoms with Gasteiger partial charge in [-0.3, -0.25) is 0 Å². The molecule has 0 bridgehead atoms. The number of hydrogen-bond donors (Lipinski definition) is 0. The molecular formula is C9H7BrF2O2. The van der Waals surface area contributed by atoms with E-state index in [2.05, 4.69) is 20.7 Å². The summed E-state index contributed by atoms with van der Waals surface area (Å²) < 4.78 is 30.6. The number of benzene rings is 1. The number of hydrogen-bond acceptors (Lipinski definition) is 2. The summed E-state index contributed by atoms with van der Waals surface area (Å²) in [4.78, 5) is 11.2. The Labute approximate surface area is 88.0 Å². The van der Waals surface area contributed by atoms with E-state index in [4.69, 9.17) is 0 Å². The molecule has 0 atom stereocenters. The second-order valence-electron chi connectivity index (χ2n) is 2.44. The zero-order chi connectivity index (χ0) is 10.7. The van der Waals surface area contributed by atoms with Crippen molar-refractivity contribution in [2.24, 2.45) is 0 Å². The minimum absolute atomic E-state index is 0.112. The van der Waals surface area contributed by atoms with E-state index in [1.165, 1.54) is 6.07 Å². The summed E-state index contributed by atoms with van der Waals surface area (Å²) in [6.45, 7) is 1.70. The van der Waals surface area contributed by atoms with Crippen LogP contribution >= 0.6 is 15.9 Å². The number of ether oxygens (including phenoxy) is 1. The fourth-order valence-electron chi connectivity index (χ4n) is 0.917. The van der Waals surface area contributed by atoms with E-state index in [1.54, 1.807) is 6.92 Å². The molecule has 1 rings (SSSR count). The average molecular weight is 265 g/mol. The summed E-state index contributed by atoms with van der Waals surface area (Å²) in [6, 6.07) is 2.19. The third kappa shape index (κ3) is 2.09. The van der Waals surface area contributed by atoms with Crippen molar-refractivity contribution in [2.75, 3.05) is 6.61 Å². The molecule has 0 fully saturated rings. The van der Waals surface area contributed by atoms with E-state index < -0.39 is 23.2 Å². The van der Waals surface area contributed by atoms with Crippen molar-refractivity contribution in [1.29, 1.82) is 0 Å². The van der Waals surface area contributed by atoms with E-state index in [-0.39, 0.29) is 11.1 Å². The van der Waals surface area contributed by atoms with Gasteiger partial charge >= 0.3 is 5.97 Å². The third-order valence-electron chi connectivity index (χ3n) is 1.52. The van der Waals surface area contributed by atoms with Gasteiger partial charge in [0.15, 0.2) is 11.6 Å². The number of carbonyl (C=O) groups excluding carboxylic acids is 1. The molecule has 0 saturated carbocycles. The minimum atomic E-state index is -1.20. The molecular weight excluding hydrogens is 258 g/mol. The monoisotopic (exact) mass is 264 g/mol. The first-order chi connectivity index (χ1) is 6.57. The van der Waals surface area contributed by atoms with Gasteiger partial charge in [-0.1, -0.05) is 0 Å². The Morgan fingerprint density at radius 1 is 1.50 bits per heavy atom. The molecule has 76 valence electrons. The Morgan fingerprint density at radius 2 is 2.14 bits per heavy atom. The lowest BCUT2D eigenvalue weighted by Crippen LogP contribution is -2.09. The first kappa shape index (κ1) is 11.1. The summed E-state index contributed by atoms with van der Waals surface area (Å²) in [5, 5.41) is 0. The molecule has 0 aliphatic heterocycles. The van der Waals surface area contributed by atoms with Crippen LogP contribution in [0.2, 0.25) is 0 Å². The molecule has 0 aliphatic carbocycles. The Balaban J connectivity index is 3.18. The molecule has 2 nitrogen and oxygen atoms in total. The Kier molecular flexibility index (Phi) is 3.57. The number of carbonyl (C=O) groups is 1. The van der Waals surface area contributed by atoms with Gasteiger partial charge in [-0.25, -0.2) is 13.6 Å². The largest absolute Gasteiger partial charge is 0.462 e. The maximum atomic E-state index is 13.1. The van der Waals surface area contributed by atoms with Crippen molar-refractivity contribution in [3.8, 4) is 0 Å². The molecule has 0 radical (unpaired) electrons. The van der Waals surface area contributed by atoms with Crippen LogP contribution in [0.1, 0.15) is 17.3 Å². The van der Waals surface area contributed by atoms with Crippen LogP contribution in [0.25, 0.3) is 0 Å². The zero-order valence-corrected chi connectivity index (χ0v) is 8.90. The second kappa shape index (κ2) is 4.50. The quantitative estimate of drug-likeness (QED) is 0.607. The molecule has 0 heterocycles. The molecule has 0 spiro atoms. The number of rotatable bonds is 2. The first-order valence-corrected chi connectivity index (χ1v) is 4.67. The second-order valence-corrected chi connectivity index (χ2v) is 3.29. The van der Waals surface area contributed by atoms with E-state index in [0.29, 0.717) is 0 Å². The molecule has 0 aromatic heterocycles. The smallest absolute Gasteiger partial charge is 0.342 e. The number of esters is 1. The van der Waals surface area contributed by atoms with Crippen molar-refractivity contribution in [2.45, 2.75) is 6.92 Å². The highest BCUT2D eigenvalue weighted by atomic mass is 79.9. The van der Waals surface area contributed by atoms with Crippen molar-refractivity contribution in [1.82, 2.24) is 0 Å². The molecule has 0 amide bonds. The Hall–Kier alpha value is -0.970. The van der Waals surface area contributed by atoms with Gasteiger partial charge in [-0.2, -0.15) is 0 Å². The van der Waals surface area contributed by atoms with E-state index >= 15 is 0 Å². The van der Waals surface area contributed by atoms with Crippen LogP contribution in [-0.2, 0) is 4.74 Å². The highest BCUT2D eigenvalue weighted by Crippen LogP contribution is 2.22. The van der Waals surface area contributed by atoms with Gasteiger partial charge in [0.1, 0.15) is 5.56 Å². The topological polar surface area (TPSA) is 26.3 Å². The van der Waals surface area contributed by atoms with Gasteiger partial charge in [0.2, 0.25) is 0 Å². The Bertz CT molecular complexity index is 366. The lowest BCUT2D eigenvalue weighted by molar-refractivity contribution is 0.0518. The summed E-state index contributed by atoms with van der Waals surface area (Å²) in [5.74, 6) is -3.15. The molecule has 0 aliphatic rings. The predicted molar refractivity (Wildman–Crippen MR) is 50.0 cm³/mol. The SMILES string of the molecule is CCOC(=O)c1c(Br)ccc(F)c1F. The standard InChI is InChI=1S/C9H7BrF2O2/c1-2-14-9(13)7-5(10)3-4-6(11)8(7)12/h3-4H,2H2,1H3. The van der Waals surface area contributed by atoms with Crippen LogP contribution in [-0.4, -0.2) is 12.6 Å². The summed E-state index contributed by atoms with van der Waals surface area (Å²) >= 11 is 2.94. The summed E-state index contributed by atoms with van der Waals surface area (Å²) in [6.07, 6.45) is 0. The van der Waals surface area contributed by atoms with Crippen LogP contribution in [0.3, 0.4) is 0 Å². The lowest BCUT2D eigenvalue weighted by atomic mass is 10.2. The predicted octanol–water partition coefficient (Wildman–Crippen LogP) is 2.90. The van der Waals surface area contributed by atoms with E-state index in [1.807, 2.05) is 0 Å². The van der Waals surface area contributed by atoms with Crippen molar-refractivity contribution in [3.05, 3.63) is 33.8 Å². The van der Waals surface area contributed by atoms with Crippen LogP contribution in [0, 0.1) is 11.6 Å². The van der Waals surface area contributed by atoms with Crippen molar-refractivity contribution in [3.63, 3.8) is 0 Å². The van der Waals surface area contributed by atoms with E-state index in [9.17, 15) is 13.6 Å². The van der Waals surface area contributed by atoms with Gasteiger partial charge < -0.3 is 4.74 Å². The van der Waals surface area contributed by atoms with Gasteiger partial charge in [0.05, 0.1) is 6.61 Å². The molecule has 0 N–H and O–H groups in total. The van der Waals surface area contributed by atoms with Crippen LogP contribution < -0.4 is 0 Å². The summed E-state index contributed by atoms with van der Waals surface area (Å²) in [5.41, 5.74) is -0.410. The maximum absolute atomic E-state index is 13.1. The lowest BCUT2D eigenvalue weighted by Gasteiger charge is -2.05. The van der Waals surface area contributed by atoms with E-state index in [0.717, 1.165) is 6.07 Å².